The van der Waals surface area contributed by atoms with Crippen molar-refractivity contribution in [1.29, 1.82) is 0 Å². The van der Waals surface area contributed by atoms with Crippen molar-refractivity contribution in [2.24, 2.45) is 5.92 Å². The van der Waals surface area contributed by atoms with E-state index in [1.807, 2.05) is 11.6 Å². The number of rotatable bonds is 6. The fourth-order valence-corrected chi connectivity index (χ4v) is 4.37. The molecule has 3 aliphatic rings. The van der Waals surface area contributed by atoms with Crippen LogP contribution in [0.5, 0.6) is 0 Å². The van der Waals surface area contributed by atoms with Crippen molar-refractivity contribution in [3.8, 4) is 0 Å². The van der Waals surface area contributed by atoms with Crippen molar-refractivity contribution in [3.63, 3.8) is 0 Å². The van der Waals surface area contributed by atoms with Crippen LogP contribution in [0.25, 0.3) is 0 Å². The van der Waals surface area contributed by atoms with Gasteiger partial charge in [0.1, 0.15) is 5.82 Å². The summed E-state index contributed by atoms with van der Waals surface area (Å²) in [5, 5.41) is 11.7. The zero-order chi connectivity index (χ0) is 17.1. The molecule has 1 aromatic carbocycles. The molecule has 3 fully saturated rings. The van der Waals surface area contributed by atoms with Gasteiger partial charge in [-0.2, -0.15) is 0 Å². The maximum Gasteiger partial charge on any atom is 0.148 e. The number of nitrogens with zero attached hydrogens (tertiary/aromatic N) is 6. The lowest BCUT2D eigenvalue weighted by atomic mass is 9.94. The second-order valence-electron chi connectivity index (χ2n) is 7.57. The molecule has 134 valence electrons. The highest BCUT2D eigenvalue weighted by atomic mass is 15.5. The molecule has 0 amide bonds. The summed E-state index contributed by atoms with van der Waals surface area (Å²) in [6.45, 7) is 8.83. The molecule has 1 aromatic heterocycles. The quantitative estimate of drug-likeness (QED) is 0.805. The molecule has 4 heterocycles. The van der Waals surface area contributed by atoms with Crippen LogP contribution in [-0.4, -0.2) is 62.2 Å². The minimum absolute atomic E-state index is 0.703. The minimum Gasteiger partial charge on any atom is -0.301 e. The van der Waals surface area contributed by atoms with Crippen molar-refractivity contribution in [2.45, 2.75) is 45.3 Å². The van der Waals surface area contributed by atoms with Gasteiger partial charge in [-0.05, 0) is 54.6 Å². The van der Waals surface area contributed by atoms with Crippen molar-refractivity contribution in [3.05, 3.63) is 41.7 Å². The van der Waals surface area contributed by atoms with Crippen LogP contribution in [-0.2, 0) is 13.1 Å². The maximum atomic E-state index is 4.05. The molecule has 0 aliphatic carbocycles. The van der Waals surface area contributed by atoms with Crippen molar-refractivity contribution in [1.82, 2.24) is 30.0 Å². The van der Waals surface area contributed by atoms with E-state index in [-0.39, 0.29) is 0 Å². The van der Waals surface area contributed by atoms with E-state index in [2.05, 4.69) is 55.7 Å². The number of tetrazole rings is 1. The zero-order valence-corrected chi connectivity index (χ0v) is 15.1. The van der Waals surface area contributed by atoms with E-state index in [1.54, 1.807) is 0 Å². The van der Waals surface area contributed by atoms with Crippen LogP contribution in [0.2, 0.25) is 0 Å². The third-order valence-electron chi connectivity index (χ3n) is 5.69. The molecule has 6 heteroatoms. The second kappa shape index (κ2) is 7.62. The van der Waals surface area contributed by atoms with Gasteiger partial charge in [-0.3, -0.25) is 4.90 Å². The molecule has 0 spiro atoms. The van der Waals surface area contributed by atoms with E-state index >= 15 is 0 Å². The lowest BCUT2D eigenvalue weighted by Gasteiger charge is -2.36. The van der Waals surface area contributed by atoms with E-state index in [0.29, 0.717) is 6.04 Å². The summed E-state index contributed by atoms with van der Waals surface area (Å²) in [6, 6.07) is 11.6. The first kappa shape index (κ1) is 16.7. The number of aromatic nitrogens is 4. The Morgan fingerprint density at radius 3 is 2.72 bits per heavy atom. The van der Waals surface area contributed by atoms with Gasteiger partial charge in [0.25, 0.3) is 0 Å². The maximum absolute atomic E-state index is 4.05. The second-order valence-corrected chi connectivity index (χ2v) is 7.57. The Morgan fingerprint density at radius 1 is 1.04 bits per heavy atom. The number of fused-ring (bicyclic) bond motifs is 4. The predicted octanol–water partition coefficient (Wildman–Crippen LogP) is 1.97. The fraction of sp³-hybridized carbons (Fsp3) is 0.632. The predicted molar refractivity (Wildman–Crippen MR) is 97.0 cm³/mol. The topological polar surface area (TPSA) is 50.1 Å². The van der Waals surface area contributed by atoms with Gasteiger partial charge in [0, 0.05) is 38.8 Å². The summed E-state index contributed by atoms with van der Waals surface area (Å²) in [5.74, 6) is 1.72. The van der Waals surface area contributed by atoms with Crippen molar-refractivity contribution >= 4 is 0 Å². The van der Waals surface area contributed by atoms with E-state index in [4.69, 9.17) is 0 Å². The Hall–Kier alpha value is -1.79. The van der Waals surface area contributed by atoms with E-state index in [1.165, 1.54) is 38.0 Å². The third kappa shape index (κ3) is 4.07. The summed E-state index contributed by atoms with van der Waals surface area (Å²) in [6.07, 6.45) is 3.85. The van der Waals surface area contributed by atoms with Gasteiger partial charge in [0.15, 0.2) is 0 Å². The third-order valence-corrected chi connectivity index (χ3v) is 5.69. The van der Waals surface area contributed by atoms with Crippen LogP contribution in [0, 0.1) is 12.8 Å². The highest BCUT2D eigenvalue weighted by Crippen LogP contribution is 2.29. The monoisotopic (exact) mass is 340 g/mol. The Balaban J connectivity index is 1.32. The smallest absolute Gasteiger partial charge is 0.148 e. The Kier molecular flexibility index (Phi) is 5.08. The van der Waals surface area contributed by atoms with Gasteiger partial charge in [-0.25, -0.2) is 4.68 Å². The summed E-state index contributed by atoms with van der Waals surface area (Å²) in [5.41, 5.74) is 1.44. The number of aryl methyl sites for hydroxylation is 2. The van der Waals surface area contributed by atoms with Crippen LogP contribution >= 0.6 is 0 Å². The molecule has 2 atom stereocenters. The molecule has 6 nitrogen and oxygen atoms in total. The first-order chi connectivity index (χ1) is 12.3. The average molecular weight is 340 g/mol. The molecule has 25 heavy (non-hydrogen) atoms. The van der Waals surface area contributed by atoms with Crippen LogP contribution in [0.3, 0.4) is 0 Å². The molecule has 0 saturated carbocycles. The van der Waals surface area contributed by atoms with Crippen LogP contribution in [0.1, 0.15) is 30.7 Å². The van der Waals surface area contributed by atoms with E-state index in [0.717, 1.165) is 37.8 Å². The average Bonchev–Trinajstić information content (AvgIpc) is 2.84. The van der Waals surface area contributed by atoms with Gasteiger partial charge < -0.3 is 4.90 Å². The van der Waals surface area contributed by atoms with E-state index < -0.39 is 0 Å². The summed E-state index contributed by atoms with van der Waals surface area (Å²) in [4.78, 5) is 5.39. The SMILES string of the molecule is Cc1nnnn1CCCN1C[C@@H]2CC[C@H](C1)N(Cc1ccccc1)C2. The Morgan fingerprint density at radius 2 is 1.92 bits per heavy atom. The highest BCUT2D eigenvalue weighted by molar-refractivity contribution is 5.15. The molecule has 2 bridgehead atoms. The number of hydrogen-bond acceptors (Lipinski definition) is 5. The molecule has 0 radical (unpaired) electrons. The van der Waals surface area contributed by atoms with Crippen LogP contribution < -0.4 is 0 Å². The van der Waals surface area contributed by atoms with Crippen LogP contribution in [0.4, 0.5) is 0 Å². The molecule has 0 unspecified atom stereocenters. The summed E-state index contributed by atoms with van der Waals surface area (Å²) < 4.78 is 1.91. The molecule has 3 aliphatic heterocycles. The fourth-order valence-electron chi connectivity index (χ4n) is 4.37. The minimum atomic E-state index is 0.703. The number of piperidine rings is 1. The van der Waals surface area contributed by atoms with Gasteiger partial charge in [0.2, 0.25) is 0 Å². The molecule has 0 N–H and O–H groups in total. The standard InChI is InChI=1S/C19H28N6/c1-16-20-21-22-25(16)11-5-10-23-12-18-8-9-19(15-23)24(14-18)13-17-6-3-2-4-7-17/h2-4,6-7,18-19H,5,8-15H2,1H3/t18-,19+/m0/s1. The lowest BCUT2D eigenvalue weighted by molar-refractivity contribution is 0.123. The molecular formula is C19H28N6. The first-order valence-electron chi connectivity index (χ1n) is 9.51. The number of benzene rings is 1. The van der Waals surface area contributed by atoms with Crippen molar-refractivity contribution < 1.29 is 0 Å². The number of hydrogen-bond donors (Lipinski definition) is 0. The molecule has 2 aromatic rings. The summed E-state index contributed by atoms with van der Waals surface area (Å²) in [7, 11) is 0. The van der Waals surface area contributed by atoms with Gasteiger partial charge in [0.05, 0.1) is 0 Å². The van der Waals surface area contributed by atoms with Gasteiger partial charge in [-0.1, -0.05) is 30.3 Å². The molecule has 5 rings (SSSR count). The Bertz CT molecular complexity index is 670. The van der Waals surface area contributed by atoms with E-state index in [9.17, 15) is 0 Å². The zero-order valence-electron chi connectivity index (χ0n) is 15.1. The molecule has 3 saturated heterocycles. The lowest BCUT2D eigenvalue weighted by Crippen LogP contribution is -2.43. The first-order valence-corrected chi connectivity index (χ1v) is 9.51. The molecular weight excluding hydrogens is 312 g/mol. The van der Waals surface area contributed by atoms with Gasteiger partial charge in [-0.15, -0.1) is 5.10 Å². The normalized spacial score (nSPS) is 24.5. The summed E-state index contributed by atoms with van der Waals surface area (Å²) >= 11 is 0. The Labute approximate surface area is 149 Å². The largest absolute Gasteiger partial charge is 0.301 e. The van der Waals surface area contributed by atoms with Crippen molar-refractivity contribution in [2.75, 3.05) is 26.2 Å². The highest BCUT2D eigenvalue weighted by Gasteiger charge is 2.34. The van der Waals surface area contributed by atoms with Gasteiger partial charge >= 0.3 is 0 Å². The van der Waals surface area contributed by atoms with Crippen LogP contribution in [0.15, 0.2) is 30.3 Å².